The normalized spacial score (nSPS) is 16.7. The molecule has 1 saturated heterocycles. The standard InChI is InChI=1S/C28H32ClFN2O4/c1-36-21-7-8-24-22(17-21)26(23(29)18-31-24)25(33)9-10-28(27(34)35)11-14-32(15-12-28)13-3-5-19-4-2-6-20(30)16-19/h2,4,6-8,16-18,25,33H,3,5,9-15H2,1H3,(H,34,35). The fraction of sp³-hybridized carbons (Fsp3) is 0.429. The van der Waals surface area contributed by atoms with Crippen LogP contribution in [0, 0.1) is 11.2 Å². The molecule has 0 amide bonds. The van der Waals surface area contributed by atoms with Gasteiger partial charge in [0, 0.05) is 17.1 Å². The summed E-state index contributed by atoms with van der Waals surface area (Å²) in [5, 5.41) is 22.3. The molecular formula is C28H32ClFN2O4. The van der Waals surface area contributed by atoms with Crippen molar-refractivity contribution in [3.63, 3.8) is 0 Å². The summed E-state index contributed by atoms with van der Waals surface area (Å²) in [6, 6.07) is 12.0. The summed E-state index contributed by atoms with van der Waals surface area (Å²) in [6.07, 6.45) is 3.95. The monoisotopic (exact) mass is 514 g/mol. The highest BCUT2D eigenvalue weighted by molar-refractivity contribution is 6.32. The summed E-state index contributed by atoms with van der Waals surface area (Å²) < 4.78 is 18.7. The van der Waals surface area contributed by atoms with E-state index in [1.54, 1.807) is 31.4 Å². The van der Waals surface area contributed by atoms with Crippen molar-refractivity contribution in [2.75, 3.05) is 26.7 Å². The molecule has 1 fully saturated rings. The van der Waals surface area contributed by atoms with Gasteiger partial charge in [-0.25, -0.2) is 4.39 Å². The summed E-state index contributed by atoms with van der Waals surface area (Å²) in [6.45, 7) is 2.21. The SMILES string of the molecule is COc1ccc2ncc(Cl)c(C(O)CCC3(C(=O)O)CCN(CCCc4cccc(F)c4)CC3)c2c1. The maximum Gasteiger partial charge on any atom is 0.309 e. The molecule has 1 aromatic heterocycles. The minimum Gasteiger partial charge on any atom is -0.497 e. The van der Waals surface area contributed by atoms with Gasteiger partial charge in [-0.15, -0.1) is 0 Å². The summed E-state index contributed by atoms with van der Waals surface area (Å²) in [4.78, 5) is 18.9. The summed E-state index contributed by atoms with van der Waals surface area (Å²) in [5.41, 5.74) is 1.33. The zero-order chi connectivity index (χ0) is 25.7. The van der Waals surface area contributed by atoms with Gasteiger partial charge in [-0.3, -0.25) is 9.78 Å². The molecule has 1 aliphatic rings. The molecule has 0 aliphatic carbocycles. The Bertz CT molecular complexity index is 1210. The molecule has 2 heterocycles. The van der Waals surface area contributed by atoms with E-state index in [9.17, 15) is 19.4 Å². The zero-order valence-electron chi connectivity index (χ0n) is 20.4. The first-order valence-corrected chi connectivity index (χ1v) is 12.7. The van der Waals surface area contributed by atoms with Crippen LogP contribution in [0.3, 0.4) is 0 Å². The van der Waals surface area contributed by atoms with E-state index in [0.29, 0.717) is 59.6 Å². The minimum absolute atomic E-state index is 0.223. The largest absolute Gasteiger partial charge is 0.497 e. The minimum atomic E-state index is -0.921. The second-order valence-corrected chi connectivity index (χ2v) is 10.0. The number of aliphatic hydroxyl groups is 1. The van der Waals surface area contributed by atoms with Gasteiger partial charge in [0.15, 0.2) is 0 Å². The number of hydrogen-bond donors (Lipinski definition) is 2. The molecule has 6 nitrogen and oxygen atoms in total. The number of rotatable bonds is 10. The maximum absolute atomic E-state index is 13.4. The molecule has 2 N–H and O–H groups in total. The van der Waals surface area contributed by atoms with Crippen molar-refractivity contribution < 1.29 is 24.1 Å². The fourth-order valence-corrected chi connectivity index (χ4v) is 5.44. The first-order valence-electron chi connectivity index (χ1n) is 12.3. The van der Waals surface area contributed by atoms with E-state index in [1.165, 1.54) is 12.3 Å². The number of piperidine rings is 1. The molecule has 1 unspecified atom stereocenters. The molecule has 192 valence electrons. The number of aryl methyl sites for hydroxylation is 1. The Kier molecular flexibility index (Phi) is 8.44. The predicted molar refractivity (Wildman–Crippen MR) is 138 cm³/mol. The quantitative estimate of drug-likeness (QED) is 0.364. The number of hydrogen-bond acceptors (Lipinski definition) is 5. The highest BCUT2D eigenvalue weighted by atomic mass is 35.5. The van der Waals surface area contributed by atoms with E-state index in [4.69, 9.17) is 16.3 Å². The number of aliphatic hydroxyl groups excluding tert-OH is 1. The maximum atomic E-state index is 13.4. The van der Waals surface area contributed by atoms with E-state index >= 15 is 0 Å². The molecule has 0 bridgehead atoms. The second kappa shape index (κ2) is 11.5. The van der Waals surface area contributed by atoms with Gasteiger partial charge in [-0.05, 0) is 94.1 Å². The lowest BCUT2D eigenvalue weighted by atomic mass is 9.74. The van der Waals surface area contributed by atoms with E-state index in [-0.39, 0.29) is 12.2 Å². The van der Waals surface area contributed by atoms with Crippen LogP contribution in [0.15, 0.2) is 48.7 Å². The van der Waals surface area contributed by atoms with Crippen LogP contribution >= 0.6 is 11.6 Å². The van der Waals surface area contributed by atoms with Crippen molar-refractivity contribution in [3.8, 4) is 5.75 Å². The molecule has 4 rings (SSSR count). The van der Waals surface area contributed by atoms with Gasteiger partial charge in [0.1, 0.15) is 11.6 Å². The van der Waals surface area contributed by atoms with Gasteiger partial charge < -0.3 is 19.8 Å². The molecule has 1 aliphatic heterocycles. The number of fused-ring (bicyclic) bond motifs is 1. The Morgan fingerprint density at radius 2 is 2.03 bits per heavy atom. The van der Waals surface area contributed by atoms with Crippen molar-refractivity contribution in [3.05, 3.63) is 70.6 Å². The van der Waals surface area contributed by atoms with E-state index < -0.39 is 17.5 Å². The molecular weight excluding hydrogens is 483 g/mol. The lowest BCUT2D eigenvalue weighted by Crippen LogP contribution is -2.44. The van der Waals surface area contributed by atoms with Crippen molar-refractivity contribution in [2.45, 2.75) is 44.6 Å². The van der Waals surface area contributed by atoms with Crippen LogP contribution in [0.25, 0.3) is 10.9 Å². The van der Waals surface area contributed by atoms with E-state index in [2.05, 4.69) is 9.88 Å². The number of halogens is 2. The average Bonchev–Trinajstić information content (AvgIpc) is 2.87. The average molecular weight is 515 g/mol. The molecule has 2 aromatic carbocycles. The van der Waals surface area contributed by atoms with Gasteiger partial charge in [0.25, 0.3) is 0 Å². The second-order valence-electron chi connectivity index (χ2n) is 9.62. The third-order valence-corrected chi connectivity index (χ3v) is 7.69. The van der Waals surface area contributed by atoms with Gasteiger partial charge >= 0.3 is 5.97 Å². The van der Waals surface area contributed by atoms with Crippen LogP contribution < -0.4 is 4.74 Å². The molecule has 36 heavy (non-hydrogen) atoms. The number of aromatic nitrogens is 1. The van der Waals surface area contributed by atoms with Gasteiger partial charge in [-0.2, -0.15) is 0 Å². The number of carbonyl (C=O) groups is 1. The highest BCUT2D eigenvalue weighted by Gasteiger charge is 2.41. The van der Waals surface area contributed by atoms with Crippen LogP contribution in [0.1, 0.15) is 49.3 Å². The first-order chi connectivity index (χ1) is 17.3. The summed E-state index contributed by atoms with van der Waals surface area (Å²) >= 11 is 6.43. The molecule has 0 radical (unpaired) electrons. The fourth-order valence-electron chi connectivity index (χ4n) is 5.17. The van der Waals surface area contributed by atoms with Gasteiger partial charge in [-0.1, -0.05) is 23.7 Å². The number of ether oxygens (including phenoxy) is 1. The lowest BCUT2D eigenvalue weighted by Gasteiger charge is -2.39. The van der Waals surface area contributed by atoms with Crippen LogP contribution in [-0.2, 0) is 11.2 Å². The van der Waals surface area contributed by atoms with E-state index in [0.717, 1.165) is 24.9 Å². The van der Waals surface area contributed by atoms with Crippen molar-refractivity contribution >= 4 is 28.5 Å². The van der Waals surface area contributed by atoms with Crippen molar-refractivity contribution in [1.82, 2.24) is 9.88 Å². The molecule has 1 atom stereocenters. The number of likely N-dealkylation sites (tertiary alicyclic amines) is 1. The number of aliphatic carboxylic acids is 1. The third-order valence-electron chi connectivity index (χ3n) is 7.39. The topological polar surface area (TPSA) is 82.9 Å². The summed E-state index contributed by atoms with van der Waals surface area (Å²) in [7, 11) is 1.57. The van der Waals surface area contributed by atoms with E-state index in [1.807, 2.05) is 12.1 Å². The first kappa shape index (κ1) is 26.3. The third kappa shape index (κ3) is 5.97. The van der Waals surface area contributed by atoms with Crippen molar-refractivity contribution in [1.29, 1.82) is 0 Å². The number of nitrogens with zero attached hydrogens (tertiary/aromatic N) is 2. The van der Waals surface area contributed by atoms with Crippen LogP contribution in [0.4, 0.5) is 4.39 Å². The highest BCUT2D eigenvalue weighted by Crippen LogP contribution is 2.41. The number of carboxylic acids is 1. The van der Waals surface area contributed by atoms with Crippen molar-refractivity contribution in [2.24, 2.45) is 5.41 Å². The number of pyridine rings is 1. The predicted octanol–water partition coefficient (Wildman–Crippen LogP) is 5.65. The number of carboxylic acid groups (broad SMARTS) is 1. The Labute approximate surface area is 215 Å². The summed E-state index contributed by atoms with van der Waals surface area (Å²) in [5.74, 6) is -0.410. The van der Waals surface area contributed by atoms with Gasteiger partial charge in [0.05, 0.1) is 29.2 Å². The van der Waals surface area contributed by atoms with Crippen LogP contribution in [0.5, 0.6) is 5.75 Å². The van der Waals surface area contributed by atoms with Crippen LogP contribution in [-0.4, -0.2) is 52.8 Å². The van der Waals surface area contributed by atoms with Gasteiger partial charge in [0.2, 0.25) is 0 Å². The Morgan fingerprint density at radius 3 is 2.72 bits per heavy atom. The Balaban J connectivity index is 1.37. The molecule has 3 aromatic rings. The van der Waals surface area contributed by atoms with Crippen LogP contribution in [0.2, 0.25) is 5.02 Å². The number of methoxy groups -OCH3 is 1. The molecule has 8 heteroatoms. The molecule has 0 saturated carbocycles. The molecule has 0 spiro atoms. The Hall–Kier alpha value is -2.74. The smallest absolute Gasteiger partial charge is 0.309 e. The Morgan fingerprint density at radius 1 is 1.25 bits per heavy atom. The number of benzene rings is 2. The zero-order valence-corrected chi connectivity index (χ0v) is 21.2. The lowest BCUT2D eigenvalue weighted by molar-refractivity contribution is -0.153.